The number of aliphatic hydroxyl groups is 1. The molecule has 0 aliphatic heterocycles. The van der Waals surface area contributed by atoms with Gasteiger partial charge in [0.25, 0.3) is 0 Å². The minimum absolute atomic E-state index is 0.0317. The molecule has 0 aliphatic carbocycles. The first-order chi connectivity index (χ1) is 6.30. The number of hydrogen-bond donors (Lipinski definition) is 1. The normalized spacial score (nSPS) is 14.1. The molecule has 0 aliphatic rings. The van der Waals surface area contributed by atoms with Crippen LogP contribution in [-0.4, -0.2) is 5.11 Å². The van der Waals surface area contributed by atoms with Crippen molar-refractivity contribution >= 4 is 11.6 Å². The third-order valence-corrected chi connectivity index (χ3v) is 1.95. The molecular formula is C9H8ClF3O. The third kappa shape index (κ3) is 2.62. The van der Waals surface area contributed by atoms with E-state index in [9.17, 15) is 13.2 Å². The van der Waals surface area contributed by atoms with E-state index in [-0.39, 0.29) is 10.6 Å². The fraction of sp³-hybridized carbons (Fsp3) is 0.333. The van der Waals surface area contributed by atoms with Crippen molar-refractivity contribution in [2.24, 2.45) is 0 Å². The smallest absolute Gasteiger partial charge is 0.389 e. The summed E-state index contributed by atoms with van der Waals surface area (Å²) < 4.78 is 36.8. The fourth-order valence-electron chi connectivity index (χ4n) is 1.02. The predicted molar refractivity (Wildman–Crippen MR) is 47.1 cm³/mol. The highest BCUT2D eigenvalue weighted by Gasteiger charge is 2.31. The van der Waals surface area contributed by atoms with Gasteiger partial charge in [-0.2, -0.15) is 13.2 Å². The number of hydrogen-bond acceptors (Lipinski definition) is 1. The zero-order chi connectivity index (χ0) is 10.9. The largest absolute Gasteiger partial charge is 0.416 e. The lowest BCUT2D eigenvalue weighted by atomic mass is 10.1. The van der Waals surface area contributed by atoms with Crippen LogP contribution in [0.2, 0.25) is 5.02 Å². The van der Waals surface area contributed by atoms with Crippen molar-refractivity contribution in [3.8, 4) is 0 Å². The summed E-state index contributed by atoms with van der Waals surface area (Å²) in [6, 6.07) is 3.02. The lowest BCUT2D eigenvalue weighted by molar-refractivity contribution is -0.137. The summed E-state index contributed by atoms with van der Waals surface area (Å²) in [4.78, 5) is 0. The highest BCUT2D eigenvalue weighted by Crippen LogP contribution is 2.33. The van der Waals surface area contributed by atoms with Crippen LogP contribution in [0.25, 0.3) is 0 Å². The molecule has 1 nitrogen and oxygen atoms in total. The van der Waals surface area contributed by atoms with Crippen LogP contribution in [0.1, 0.15) is 24.2 Å². The van der Waals surface area contributed by atoms with Crippen LogP contribution >= 0.6 is 11.6 Å². The molecule has 0 aromatic heterocycles. The van der Waals surface area contributed by atoms with Gasteiger partial charge in [-0.3, -0.25) is 0 Å². The second-order valence-corrected chi connectivity index (χ2v) is 3.38. The van der Waals surface area contributed by atoms with E-state index in [0.29, 0.717) is 0 Å². The SMILES string of the molecule is C[C@H](O)c1cc(Cl)cc(C(F)(F)F)c1. The molecule has 1 aromatic carbocycles. The molecule has 0 radical (unpaired) electrons. The molecule has 1 aromatic rings. The molecule has 0 unspecified atom stereocenters. The Morgan fingerprint density at radius 3 is 2.29 bits per heavy atom. The van der Waals surface area contributed by atoms with Crippen molar-refractivity contribution in [3.63, 3.8) is 0 Å². The Hall–Kier alpha value is -0.740. The molecule has 0 spiro atoms. The minimum Gasteiger partial charge on any atom is -0.389 e. The van der Waals surface area contributed by atoms with Gasteiger partial charge in [0.1, 0.15) is 0 Å². The summed E-state index contributed by atoms with van der Waals surface area (Å²) in [6.07, 6.45) is -5.40. The summed E-state index contributed by atoms with van der Waals surface area (Å²) >= 11 is 5.49. The van der Waals surface area contributed by atoms with Crippen molar-refractivity contribution < 1.29 is 18.3 Å². The molecule has 0 saturated heterocycles. The second kappa shape index (κ2) is 3.79. The lowest BCUT2D eigenvalue weighted by Crippen LogP contribution is -2.06. The molecule has 5 heteroatoms. The van der Waals surface area contributed by atoms with Gasteiger partial charge in [0.15, 0.2) is 0 Å². The molecule has 1 rings (SSSR count). The molecule has 0 bridgehead atoms. The number of alkyl halides is 3. The van der Waals surface area contributed by atoms with E-state index in [1.165, 1.54) is 13.0 Å². The van der Waals surface area contributed by atoms with Gasteiger partial charge in [-0.25, -0.2) is 0 Å². The maximum atomic E-state index is 12.3. The summed E-state index contributed by atoms with van der Waals surface area (Å²) in [5, 5.41) is 9.08. The molecule has 78 valence electrons. The van der Waals surface area contributed by atoms with Crippen molar-refractivity contribution in [1.29, 1.82) is 0 Å². The minimum atomic E-state index is -4.44. The standard InChI is InChI=1S/C9H8ClF3O/c1-5(14)6-2-7(9(11,12)13)4-8(10)3-6/h2-5,14H,1H3/t5-/m0/s1. The predicted octanol–water partition coefficient (Wildman–Crippen LogP) is 3.41. The quantitative estimate of drug-likeness (QED) is 0.775. The summed E-state index contributed by atoms with van der Waals surface area (Å²) in [5.74, 6) is 0. The maximum absolute atomic E-state index is 12.3. The van der Waals surface area contributed by atoms with E-state index >= 15 is 0 Å². The van der Waals surface area contributed by atoms with Gasteiger partial charge in [0.05, 0.1) is 11.7 Å². The van der Waals surface area contributed by atoms with E-state index < -0.39 is 17.8 Å². The van der Waals surface area contributed by atoms with E-state index in [1.54, 1.807) is 0 Å². The molecule has 0 heterocycles. The fourth-order valence-corrected chi connectivity index (χ4v) is 1.26. The van der Waals surface area contributed by atoms with Crippen LogP contribution in [0.5, 0.6) is 0 Å². The van der Waals surface area contributed by atoms with Gasteiger partial charge in [-0.1, -0.05) is 11.6 Å². The molecular weight excluding hydrogens is 217 g/mol. The van der Waals surface area contributed by atoms with Crippen LogP contribution in [0, 0.1) is 0 Å². The van der Waals surface area contributed by atoms with Crippen LogP contribution in [0.15, 0.2) is 18.2 Å². The number of benzene rings is 1. The number of aliphatic hydroxyl groups excluding tert-OH is 1. The van der Waals surface area contributed by atoms with E-state index in [1.807, 2.05) is 0 Å². The molecule has 1 N–H and O–H groups in total. The molecule has 0 fully saturated rings. The van der Waals surface area contributed by atoms with E-state index in [0.717, 1.165) is 12.1 Å². The highest BCUT2D eigenvalue weighted by atomic mass is 35.5. The number of rotatable bonds is 1. The molecule has 0 saturated carbocycles. The van der Waals surface area contributed by atoms with Gasteiger partial charge in [0.2, 0.25) is 0 Å². The van der Waals surface area contributed by atoms with Gasteiger partial charge in [-0.15, -0.1) is 0 Å². The van der Waals surface area contributed by atoms with E-state index in [4.69, 9.17) is 16.7 Å². The van der Waals surface area contributed by atoms with Crippen molar-refractivity contribution in [2.45, 2.75) is 19.2 Å². The first kappa shape index (κ1) is 11.3. The van der Waals surface area contributed by atoms with Crippen LogP contribution in [-0.2, 0) is 6.18 Å². The monoisotopic (exact) mass is 224 g/mol. The van der Waals surface area contributed by atoms with Crippen LogP contribution in [0.4, 0.5) is 13.2 Å². The Kier molecular flexibility index (Phi) is 3.07. The highest BCUT2D eigenvalue weighted by molar-refractivity contribution is 6.30. The number of halogens is 4. The Morgan fingerprint density at radius 1 is 1.29 bits per heavy atom. The zero-order valence-electron chi connectivity index (χ0n) is 7.27. The van der Waals surface area contributed by atoms with Crippen LogP contribution in [0.3, 0.4) is 0 Å². The molecule has 0 amide bonds. The van der Waals surface area contributed by atoms with Crippen molar-refractivity contribution in [2.75, 3.05) is 0 Å². The van der Waals surface area contributed by atoms with Gasteiger partial charge >= 0.3 is 6.18 Å². The Labute approximate surface area is 84.1 Å². The average molecular weight is 225 g/mol. The molecule has 1 atom stereocenters. The Morgan fingerprint density at radius 2 is 1.86 bits per heavy atom. The van der Waals surface area contributed by atoms with Crippen molar-refractivity contribution in [3.05, 3.63) is 34.3 Å². The maximum Gasteiger partial charge on any atom is 0.416 e. The van der Waals surface area contributed by atoms with Gasteiger partial charge in [0, 0.05) is 5.02 Å². The van der Waals surface area contributed by atoms with Crippen LogP contribution < -0.4 is 0 Å². The summed E-state index contributed by atoms with van der Waals surface area (Å²) in [5.41, 5.74) is -0.689. The third-order valence-electron chi connectivity index (χ3n) is 1.73. The van der Waals surface area contributed by atoms with Crippen molar-refractivity contribution in [1.82, 2.24) is 0 Å². The topological polar surface area (TPSA) is 20.2 Å². The summed E-state index contributed by atoms with van der Waals surface area (Å²) in [7, 11) is 0. The Bertz CT molecular complexity index is 333. The van der Waals surface area contributed by atoms with Gasteiger partial charge < -0.3 is 5.11 Å². The van der Waals surface area contributed by atoms with Gasteiger partial charge in [-0.05, 0) is 30.7 Å². The second-order valence-electron chi connectivity index (χ2n) is 2.95. The first-order valence-corrected chi connectivity index (χ1v) is 4.24. The lowest BCUT2D eigenvalue weighted by Gasteiger charge is -2.11. The Balaban J connectivity index is 3.21. The van der Waals surface area contributed by atoms with E-state index in [2.05, 4.69) is 0 Å². The first-order valence-electron chi connectivity index (χ1n) is 3.86. The average Bonchev–Trinajstić information content (AvgIpc) is 2.01. The molecule has 14 heavy (non-hydrogen) atoms. The summed E-state index contributed by atoms with van der Waals surface area (Å²) in [6.45, 7) is 1.38. The zero-order valence-corrected chi connectivity index (χ0v) is 8.02.